The summed E-state index contributed by atoms with van der Waals surface area (Å²) in [5, 5.41) is 31.3. The summed E-state index contributed by atoms with van der Waals surface area (Å²) in [7, 11) is -3.97. The summed E-state index contributed by atoms with van der Waals surface area (Å²) in [6, 6.07) is 7.31. The molecular weight excluding hydrogens is 540 g/mol. The van der Waals surface area contributed by atoms with E-state index in [9.17, 15) is 28.4 Å². The van der Waals surface area contributed by atoms with Gasteiger partial charge >= 0.3 is 0 Å². The lowest BCUT2D eigenvalue weighted by Gasteiger charge is -2.69. The number of hydrogen-bond acceptors (Lipinski definition) is 7. The molecular formula is C29H45ClN2O6S. The molecule has 10 heteroatoms. The summed E-state index contributed by atoms with van der Waals surface area (Å²) >= 11 is 6.24. The molecule has 1 heterocycles. The molecule has 3 rings (SSSR count). The number of rotatable bonds is 11. The first-order valence-electron chi connectivity index (χ1n) is 13.9. The minimum absolute atomic E-state index is 0.0306. The Bertz CT molecular complexity index is 1140. The second-order valence-corrected chi connectivity index (χ2v) is 14.8. The van der Waals surface area contributed by atoms with Gasteiger partial charge in [-0.05, 0) is 76.1 Å². The summed E-state index contributed by atoms with van der Waals surface area (Å²) < 4.78 is 38.2. The predicted octanol–water partition coefficient (Wildman–Crippen LogP) is 5.12. The molecule has 1 aliphatic carbocycles. The summed E-state index contributed by atoms with van der Waals surface area (Å²) in [6.07, 6.45) is 1.72. The minimum Gasteiger partial charge on any atom is -0.489 e. The van der Waals surface area contributed by atoms with Crippen molar-refractivity contribution in [2.75, 3.05) is 18.8 Å². The Morgan fingerprint density at radius 3 is 2.26 bits per heavy atom. The lowest BCUT2D eigenvalue weighted by atomic mass is 9.38. The van der Waals surface area contributed by atoms with Crippen LogP contribution in [0.2, 0.25) is 5.02 Å². The highest BCUT2D eigenvalue weighted by atomic mass is 35.5. The molecule has 0 aromatic heterocycles. The molecule has 2 fully saturated rings. The van der Waals surface area contributed by atoms with E-state index in [4.69, 9.17) is 16.3 Å². The highest BCUT2D eigenvalue weighted by molar-refractivity contribution is 7.85. The number of hydrogen-bond donors (Lipinski definition) is 3. The maximum atomic E-state index is 11.3. The van der Waals surface area contributed by atoms with E-state index in [1.807, 2.05) is 6.92 Å². The van der Waals surface area contributed by atoms with Crippen molar-refractivity contribution in [3.05, 3.63) is 28.8 Å². The van der Waals surface area contributed by atoms with Gasteiger partial charge in [-0.2, -0.15) is 13.7 Å². The van der Waals surface area contributed by atoms with E-state index in [2.05, 4.69) is 45.6 Å². The smallest absolute Gasteiger partial charge is 0.265 e. The van der Waals surface area contributed by atoms with Gasteiger partial charge < -0.3 is 19.8 Å². The molecule has 0 spiro atoms. The maximum absolute atomic E-state index is 11.3. The molecule has 0 bridgehead atoms. The Morgan fingerprint density at radius 2 is 1.79 bits per heavy atom. The van der Waals surface area contributed by atoms with Gasteiger partial charge in [-0.25, -0.2) is 0 Å². The van der Waals surface area contributed by atoms with E-state index in [1.54, 1.807) is 18.2 Å². The van der Waals surface area contributed by atoms with Crippen LogP contribution in [0.4, 0.5) is 0 Å². The van der Waals surface area contributed by atoms with Gasteiger partial charge in [0, 0.05) is 28.4 Å². The average Bonchev–Trinajstić information content (AvgIpc) is 2.83. The fraction of sp³-hybridized carbons (Fsp3) is 0.759. The molecule has 1 aromatic rings. The van der Waals surface area contributed by atoms with Crippen LogP contribution in [0.3, 0.4) is 0 Å². The number of benzene rings is 1. The molecule has 2 aliphatic rings. The first kappa shape index (κ1) is 32.1. The van der Waals surface area contributed by atoms with E-state index >= 15 is 0 Å². The molecule has 2 atom stereocenters. The largest absolute Gasteiger partial charge is 0.489 e. The van der Waals surface area contributed by atoms with Gasteiger partial charge in [0.15, 0.2) is 6.29 Å². The van der Waals surface area contributed by atoms with Crippen LogP contribution in [0.1, 0.15) is 79.2 Å². The monoisotopic (exact) mass is 584 g/mol. The second kappa shape index (κ2) is 11.8. The lowest BCUT2D eigenvalue weighted by Crippen LogP contribution is -2.72. The molecule has 0 radical (unpaired) electrons. The predicted molar refractivity (Wildman–Crippen MR) is 152 cm³/mol. The Balaban J connectivity index is 1.74. The molecule has 2 unspecified atom stereocenters. The van der Waals surface area contributed by atoms with Gasteiger partial charge in [0.2, 0.25) is 0 Å². The van der Waals surface area contributed by atoms with E-state index in [0.29, 0.717) is 42.0 Å². The molecule has 0 amide bonds. The van der Waals surface area contributed by atoms with Crippen molar-refractivity contribution in [3.63, 3.8) is 0 Å². The standard InChI is InChI=1S/C29H45ClN2O6S/c1-7-29(26(33)34,13-10-19(2)32-14-11-20(12-15-32)18-39(35,36)37)24-27(3,4)25(28(24,5)6)38-22-9-8-21(17-31)23(30)16-22/h8-9,16,19-20,24-26,33-34H,7,10-15,18H2,1-6H3,(H,35,36,37). The van der Waals surface area contributed by atoms with Crippen molar-refractivity contribution >= 4 is 21.7 Å². The number of halogens is 1. The average molecular weight is 585 g/mol. The maximum Gasteiger partial charge on any atom is 0.265 e. The number of ether oxygens (including phenoxy) is 1. The Kier molecular flexibility index (Phi) is 9.74. The zero-order chi connectivity index (χ0) is 29.4. The van der Waals surface area contributed by atoms with Crippen LogP contribution in [0.15, 0.2) is 18.2 Å². The molecule has 8 nitrogen and oxygen atoms in total. The zero-order valence-corrected chi connectivity index (χ0v) is 25.6. The summed E-state index contributed by atoms with van der Waals surface area (Å²) in [5.41, 5.74) is -1.10. The second-order valence-electron chi connectivity index (χ2n) is 12.9. The van der Waals surface area contributed by atoms with Gasteiger partial charge in [-0.3, -0.25) is 4.55 Å². The zero-order valence-electron chi connectivity index (χ0n) is 24.0. The van der Waals surface area contributed by atoms with E-state index in [0.717, 1.165) is 19.5 Å². The number of aliphatic hydroxyl groups excluding tert-OH is 1. The van der Waals surface area contributed by atoms with Crippen LogP contribution >= 0.6 is 11.6 Å². The Hall–Kier alpha value is -1.41. The Morgan fingerprint density at radius 1 is 1.21 bits per heavy atom. The van der Waals surface area contributed by atoms with Crippen molar-refractivity contribution in [1.29, 1.82) is 5.26 Å². The van der Waals surface area contributed by atoms with Crippen LogP contribution in [-0.4, -0.2) is 65.4 Å². The van der Waals surface area contributed by atoms with E-state index in [-0.39, 0.29) is 40.6 Å². The minimum atomic E-state index is -3.97. The number of nitrogens with zero attached hydrogens (tertiary/aromatic N) is 2. The molecule has 3 N–H and O–H groups in total. The van der Waals surface area contributed by atoms with E-state index in [1.165, 1.54) is 0 Å². The first-order chi connectivity index (χ1) is 18.0. The first-order valence-corrected chi connectivity index (χ1v) is 15.9. The Labute approximate surface area is 239 Å². The fourth-order valence-electron chi connectivity index (χ4n) is 8.21. The summed E-state index contributed by atoms with van der Waals surface area (Å²) in [4.78, 5) is 2.34. The molecule has 1 aromatic carbocycles. The van der Waals surface area contributed by atoms with Crippen molar-refractivity contribution in [2.45, 2.75) is 92.1 Å². The van der Waals surface area contributed by atoms with Crippen molar-refractivity contribution in [2.24, 2.45) is 28.1 Å². The lowest BCUT2D eigenvalue weighted by molar-refractivity contribution is -0.294. The van der Waals surface area contributed by atoms with Crippen LogP contribution < -0.4 is 4.74 Å². The topological polar surface area (TPSA) is 131 Å². The number of likely N-dealkylation sites (tertiary alicyclic amines) is 1. The highest BCUT2D eigenvalue weighted by Crippen LogP contribution is 2.68. The molecule has 39 heavy (non-hydrogen) atoms. The third kappa shape index (κ3) is 6.58. The summed E-state index contributed by atoms with van der Waals surface area (Å²) in [6.45, 7) is 14.2. The normalized spacial score (nSPS) is 25.9. The third-order valence-corrected chi connectivity index (χ3v) is 10.9. The van der Waals surface area contributed by atoms with Gasteiger partial charge in [-0.15, -0.1) is 0 Å². The molecule has 1 saturated heterocycles. The quantitative estimate of drug-likeness (QED) is 0.241. The third-order valence-electron chi connectivity index (χ3n) is 9.65. The highest BCUT2D eigenvalue weighted by Gasteiger charge is 2.70. The van der Waals surface area contributed by atoms with Crippen LogP contribution in [0.5, 0.6) is 5.75 Å². The van der Waals surface area contributed by atoms with Crippen molar-refractivity contribution < 1.29 is 27.9 Å². The number of aliphatic hydroxyl groups is 2. The van der Waals surface area contributed by atoms with Crippen molar-refractivity contribution in [3.8, 4) is 11.8 Å². The van der Waals surface area contributed by atoms with Gasteiger partial charge in [0.05, 0.1) is 16.3 Å². The van der Waals surface area contributed by atoms with Crippen LogP contribution in [0.25, 0.3) is 0 Å². The summed E-state index contributed by atoms with van der Waals surface area (Å²) in [5.74, 6) is 0.321. The van der Waals surface area contributed by atoms with Gasteiger partial charge in [0.1, 0.15) is 17.9 Å². The molecule has 220 valence electrons. The number of nitriles is 1. The van der Waals surface area contributed by atoms with E-state index < -0.39 is 21.8 Å². The van der Waals surface area contributed by atoms with Gasteiger partial charge in [-0.1, -0.05) is 46.2 Å². The van der Waals surface area contributed by atoms with Crippen LogP contribution in [0, 0.1) is 39.4 Å². The molecule has 1 saturated carbocycles. The number of piperidine rings is 1. The molecule has 1 aliphatic heterocycles. The van der Waals surface area contributed by atoms with Gasteiger partial charge in [0.25, 0.3) is 10.1 Å². The van der Waals surface area contributed by atoms with Crippen LogP contribution in [-0.2, 0) is 10.1 Å². The fourth-order valence-corrected chi connectivity index (χ4v) is 9.35. The van der Waals surface area contributed by atoms with Crippen molar-refractivity contribution in [1.82, 2.24) is 4.90 Å². The SMILES string of the molecule is CCC(CCC(C)N1CCC(CS(=O)(=O)O)CC1)(C(O)O)C1C(C)(C)C(Oc2ccc(C#N)c(Cl)c2)C1(C)C.